The van der Waals surface area contributed by atoms with Crippen LogP contribution in [0.15, 0.2) is 60.8 Å². The molecule has 11 heteroatoms. The number of aliphatic hydroxyl groups excluding tert-OH is 5. The monoisotopic (exact) mass is 904 g/mol. The highest BCUT2D eigenvalue weighted by molar-refractivity contribution is 5.76. The Bertz CT molecular complexity index is 1250. The molecule has 1 aliphatic rings. The molecule has 1 aliphatic heterocycles. The molecule has 11 nitrogen and oxygen atoms in total. The van der Waals surface area contributed by atoms with Crippen LogP contribution in [-0.4, -0.2) is 100 Å². The number of nitrogens with one attached hydrogen (secondary N) is 1. The van der Waals surface area contributed by atoms with Gasteiger partial charge in [-0.15, -0.1) is 0 Å². The van der Waals surface area contributed by atoms with Crippen LogP contribution in [-0.2, 0) is 23.8 Å². The minimum absolute atomic E-state index is 0.0611. The average molecular weight is 904 g/mol. The standard InChI is InChI=1S/C53H93NO10/c1-3-5-7-9-11-13-15-16-20-23-27-31-35-39-46(56)45(44-63-53-52(61)51(60)50(59)47(43-55)64-53)54-48(57)40-36-32-28-24-21-17-18-22-26-30-34-38-42-62-49(58)41-37-33-29-25-19-14-12-10-8-6-4-2/h10-13,18,20,22-23,35,39,45-47,50-53,55-56,59-61H,3-9,14-17,19,21,24-34,36-38,40-44H2,1-2H3,(H,54,57)/b12-10-,13-11+,22-18-,23-20+,39-35+. The SMILES string of the molecule is CCCC/C=C\CCCCCCCC(=O)OCCCCC/C=C\CCCCCCCC(=O)NC(COC1OC(CO)C(O)C(O)C1O)C(O)/C=C/CC/C=C/CC/C=C/CCCCC. The van der Waals surface area contributed by atoms with E-state index in [1.54, 1.807) is 6.08 Å². The Balaban J connectivity index is 2.26. The fraction of sp³-hybridized carbons (Fsp3) is 0.774. The normalized spacial score (nSPS) is 20.4. The number of carbonyl (C=O) groups is 2. The summed E-state index contributed by atoms with van der Waals surface area (Å²) < 4.78 is 16.6. The van der Waals surface area contributed by atoms with Gasteiger partial charge < -0.3 is 45.1 Å². The van der Waals surface area contributed by atoms with Crippen molar-refractivity contribution < 1.29 is 49.3 Å². The molecule has 7 atom stereocenters. The van der Waals surface area contributed by atoms with E-state index in [4.69, 9.17) is 14.2 Å². The number of hydrogen-bond acceptors (Lipinski definition) is 10. The van der Waals surface area contributed by atoms with Gasteiger partial charge in [-0.25, -0.2) is 0 Å². The zero-order chi connectivity index (χ0) is 46.7. The number of rotatable bonds is 42. The summed E-state index contributed by atoms with van der Waals surface area (Å²) in [6.07, 6.45) is 42.9. The van der Waals surface area contributed by atoms with Gasteiger partial charge in [0.15, 0.2) is 6.29 Å². The van der Waals surface area contributed by atoms with Gasteiger partial charge in [-0.3, -0.25) is 9.59 Å². The van der Waals surface area contributed by atoms with Crippen molar-refractivity contribution in [2.75, 3.05) is 19.8 Å². The zero-order valence-corrected chi connectivity index (χ0v) is 40.2. The maximum Gasteiger partial charge on any atom is 0.305 e. The van der Waals surface area contributed by atoms with Gasteiger partial charge in [0.05, 0.1) is 32.0 Å². The van der Waals surface area contributed by atoms with Gasteiger partial charge in [0.25, 0.3) is 0 Å². The summed E-state index contributed by atoms with van der Waals surface area (Å²) in [7, 11) is 0. The molecule has 1 fully saturated rings. The summed E-state index contributed by atoms with van der Waals surface area (Å²) in [4.78, 5) is 25.0. The first-order valence-corrected chi connectivity index (χ1v) is 25.6. The van der Waals surface area contributed by atoms with E-state index < -0.39 is 49.5 Å². The van der Waals surface area contributed by atoms with Crippen LogP contribution in [0.1, 0.15) is 200 Å². The third-order valence-corrected chi connectivity index (χ3v) is 11.6. The second kappa shape index (κ2) is 43.0. The van der Waals surface area contributed by atoms with Gasteiger partial charge in [-0.1, -0.05) is 139 Å². The zero-order valence-electron chi connectivity index (χ0n) is 40.2. The number of allylic oxidation sites excluding steroid dienone is 9. The maximum atomic E-state index is 13.0. The summed E-state index contributed by atoms with van der Waals surface area (Å²) in [5.41, 5.74) is 0. The van der Waals surface area contributed by atoms with E-state index in [1.807, 2.05) is 6.08 Å². The lowest BCUT2D eigenvalue weighted by Gasteiger charge is -2.40. The van der Waals surface area contributed by atoms with Crippen molar-refractivity contribution in [3.63, 3.8) is 0 Å². The van der Waals surface area contributed by atoms with Crippen molar-refractivity contribution in [2.45, 2.75) is 243 Å². The number of esters is 1. The molecule has 1 heterocycles. The van der Waals surface area contributed by atoms with Crippen LogP contribution >= 0.6 is 0 Å². The summed E-state index contributed by atoms with van der Waals surface area (Å²) in [5.74, 6) is -0.287. The molecule has 0 aliphatic carbocycles. The quantitative estimate of drug-likeness (QED) is 0.0197. The number of ether oxygens (including phenoxy) is 3. The Labute approximate surface area is 388 Å². The van der Waals surface area contributed by atoms with Crippen LogP contribution in [0.5, 0.6) is 0 Å². The highest BCUT2D eigenvalue weighted by Gasteiger charge is 2.44. The number of hydrogen-bond donors (Lipinski definition) is 6. The Morgan fingerprint density at radius 2 is 1.03 bits per heavy atom. The molecule has 0 aromatic heterocycles. The fourth-order valence-corrected chi connectivity index (χ4v) is 7.38. The van der Waals surface area contributed by atoms with Gasteiger partial charge >= 0.3 is 5.97 Å². The molecule has 1 saturated heterocycles. The molecule has 1 rings (SSSR count). The Morgan fingerprint density at radius 1 is 0.562 bits per heavy atom. The van der Waals surface area contributed by atoms with Gasteiger partial charge in [0.2, 0.25) is 5.91 Å². The number of unbranched alkanes of at least 4 members (excludes halogenated alkanes) is 20. The fourth-order valence-electron chi connectivity index (χ4n) is 7.38. The van der Waals surface area contributed by atoms with Crippen molar-refractivity contribution >= 4 is 11.9 Å². The Hall–Kier alpha value is -2.64. The van der Waals surface area contributed by atoms with Crippen LogP contribution in [0.3, 0.4) is 0 Å². The molecular formula is C53H93NO10. The van der Waals surface area contributed by atoms with E-state index in [1.165, 1.54) is 64.2 Å². The van der Waals surface area contributed by atoms with Crippen molar-refractivity contribution in [3.8, 4) is 0 Å². The minimum atomic E-state index is -1.59. The lowest BCUT2D eigenvalue weighted by Crippen LogP contribution is -2.60. The lowest BCUT2D eigenvalue weighted by molar-refractivity contribution is -0.302. The summed E-state index contributed by atoms with van der Waals surface area (Å²) in [5, 5.41) is 54.2. The van der Waals surface area contributed by atoms with Crippen molar-refractivity contribution in [1.29, 1.82) is 0 Å². The Morgan fingerprint density at radius 3 is 1.59 bits per heavy atom. The van der Waals surface area contributed by atoms with E-state index in [0.717, 1.165) is 96.3 Å². The Kier molecular flexibility index (Phi) is 39.9. The first-order chi connectivity index (χ1) is 31.2. The third kappa shape index (κ3) is 32.9. The van der Waals surface area contributed by atoms with Crippen LogP contribution < -0.4 is 5.32 Å². The number of amides is 1. The van der Waals surface area contributed by atoms with Crippen LogP contribution in [0.2, 0.25) is 0 Å². The van der Waals surface area contributed by atoms with Crippen LogP contribution in [0.4, 0.5) is 0 Å². The van der Waals surface area contributed by atoms with E-state index in [-0.39, 0.29) is 18.5 Å². The van der Waals surface area contributed by atoms with Crippen molar-refractivity contribution in [2.24, 2.45) is 0 Å². The predicted octanol–water partition coefficient (Wildman–Crippen LogP) is 10.3. The predicted molar refractivity (Wildman–Crippen MR) is 260 cm³/mol. The average Bonchev–Trinajstić information content (AvgIpc) is 3.29. The van der Waals surface area contributed by atoms with Crippen molar-refractivity contribution in [3.05, 3.63) is 60.8 Å². The first-order valence-electron chi connectivity index (χ1n) is 25.6. The van der Waals surface area contributed by atoms with E-state index in [2.05, 4.69) is 67.8 Å². The summed E-state index contributed by atoms with van der Waals surface area (Å²) in [6.45, 7) is 4.14. The molecule has 64 heavy (non-hydrogen) atoms. The molecule has 0 aromatic rings. The van der Waals surface area contributed by atoms with E-state index in [9.17, 15) is 35.1 Å². The topological polar surface area (TPSA) is 175 Å². The molecular weight excluding hydrogens is 811 g/mol. The maximum absolute atomic E-state index is 13.0. The van der Waals surface area contributed by atoms with Crippen molar-refractivity contribution in [1.82, 2.24) is 5.32 Å². The minimum Gasteiger partial charge on any atom is -0.466 e. The van der Waals surface area contributed by atoms with E-state index in [0.29, 0.717) is 32.3 Å². The third-order valence-electron chi connectivity index (χ3n) is 11.6. The largest absolute Gasteiger partial charge is 0.466 e. The number of aliphatic hydroxyl groups is 5. The molecule has 0 aromatic carbocycles. The first kappa shape index (κ1) is 59.4. The highest BCUT2D eigenvalue weighted by atomic mass is 16.7. The van der Waals surface area contributed by atoms with Gasteiger partial charge in [0.1, 0.15) is 24.4 Å². The second-order valence-electron chi connectivity index (χ2n) is 17.5. The van der Waals surface area contributed by atoms with Crippen LogP contribution in [0, 0.1) is 0 Å². The second-order valence-corrected chi connectivity index (χ2v) is 17.5. The highest BCUT2D eigenvalue weighted by Crippen LogP contribution is 2.22. The van der Waals surface area contributed by atoms with E-state index >= 15 is 0 Å². The summed E-state index contributed by atoms with van der Waals surface area (Å²) in [6, 6.07) is -0.854. The lowest BCUT2D eigenvalue weighted by atomic mass is 9.99. The van der Waals surface area contributed by atoms with Gasteiger partial charge in [-0.05, 0) is 109 Å². The summed E-state index contributed by atoms with van der Waals surface area (Å²) >= 11 is 0. The molecule has 6 N–H and O–H groups in total. The molecule has 0 radical (unpaired) electrons. The molecule has 7 unspecified atom stereocenters. The van der Waals surface area contributed by atoms with Gasteiger partial charge in [0, 0.05) is 12.8 Å². The molecule has 0 bridgehead atoms. The molecule has 370 valence electrons. The molecule has 0 spiro atoms. The number of carbonyl (C=O) groups excluding carboxylic acids is 2. The van der Waals surface area contributed by atoms with Crippen LogP contribution in [0.25, 0.3) is 0 Å². The van der Waals surface area contributed by atoms with Gasteiger partial charge in [-0.2, -0.15) is 0 Å². The molecule has 0 saturated carbocycles. The molecule has 1 amide bonds. The smallest absolute Gasteiger partial charge is 0.305 e.